The van der Waals surface area contributed by atoms with Crippen molar-refractivity contribution in [1.29, 1.82) is 0 Å². The van der Waals surface area contributed by atoms with E-state index in [1.807, 2.05) is 19.9 Å². The molecule has 0 radical (unpaired) electrons. The van der Waals surface area contributed by atoms with Gasteiger partial charge in [0.1, 0.15) is 12.3 Å². The van der Waals surface area contributed by atoms with Crippen molar-refractivity contribution < 1.29 is 14.4 Å². The summed E-state index contributed by atoms with van der Waals surface area (Å²) in [6.07, 6.45) is 4.39. The highest BCUT2D eigenvalue weighted by molar-refractivity contribution is 5.73. The topological polar surface area (TPSA) is 66.6 Å². The van der Waals surface area contributed by atoms with Crippen LogP contribution in [0, 0.1) is 5.92 Å². The first-order valence-corrected chi connectivity index (χ1v) is 7.00. The van der Waals surface area contributed by atoms with E-state index in [4.69, 9.17) is 4.52 Å². The van der Waals surface area contributed by atoms with Crippen molar-refractivity contribution in [2.45, 2.75) is 45.1 Å². The van der Waals surface area contributed by atoms with Gasteiger partial charge in [-0.2, -0.15) is 0 Å². The summed E-state index contributed by atoms with van der Waals surface area (Å²) in [6, 6.07) is 1.55. The number of carboxylic acid groups (broad SMARTS) is 1. The van der Waals surface area contributed by atoms with Crippen LogP contribution in [0.25, 0.3) is 0 Å². The minimum absolute atomic E-state index is 0.182. The fraction of sp³-hybridized carbons (Fsp3) is 0.714. The zero-order chi connectivity index (χ0) is 13.8. The van der Waals surface area contributed by atoms with Crippen molar-refractivity contribution in [1.82, 2.24) is 10.1 Å². The van der Waals surface area contributed by atoms with E-state index in [-0.39, 0.29) is 12.0 Å². The van der Waals surface area contributed by atoms with E-state index in [2.05, 4.69) is 10.1 Å². The van der Waals surface area contributed by atoms with E-state index < -0.39 is 5.97 Å². The maximum atomic E-state index is 11.4. The highest BCUT2D eigenvalue weighted by Crippen LogP contribution is 2.29. The highest BCUT2D eigenvalue weighted by Gasteiger charge is 2.33. The predicted molar refractivity (Wildman–Crippen MR) is 70.9 cm³/mol. The lowest BCUT2D eigenvalue weighted by molar-refractivity contribution is -0.146. The number of aromatic nitrogens is 1. The van der Waals surface area contributed by atoms with E-state index >= 15 is 0 Å². The van der Waals surface area contributed by atoms with E-state index in [1.165, 1.54) is 0 Å². The molecule has 1 aromatic rings. The first-order chi connectivity index (χ1) is 9.13. The van der Waals surface area contributed by atoms with Gasteiger partial charge in [0.05, 0.1) is 5.69 Å². The van der Waals surface area contributed by atoms with Crippen molar-refractivity contribution in [3.05, 3.63) is 18.0 Å². The van der Waals surface area contributed by atoms with Crippen molar-refractivity contribution in [2.75, 3.05) is 13.1 Å². The van der Waals surface area contributed by atoms with Crippen LogP contribution in [-0.4, -0.2) is 40.3 Å². The Morgan fingerprint density at radius 3 is 2.74 bits per heavy atom. The maximum Gasteiger partial charge on any atom is 0.321 e. The third-order valence-electron chi connectivity index (χ3n) is 4.23. The normalized spacial score (nSPS) is 21.2. The quantitative estimate of drug-likeness (QED) is 0.886. The number of carbonyl (C=O) groups is 1. The summed E-state index contributed by atoms with van der Waals surface area (Å²) in [5.74, 6) is -0.114. The number of carboxylic acids is 1. The summed E-state index contributed by atoms with van der Waals surface area (Å²) in [7, 11) is 0. The predicted octanol–water partition coefficient (Wildman–Crippen LogP) is 2.35. The Morgan fingerprint density at radius 1 is 1.58 bits per heavy atom. The molecule has 0 spiro atoms. The molecule has 1 saturated heterocycles. The van der Waals surface area contributed by atoms with E-state index in [0.29, 0.717) is 5.92 Å². The third kappa shape index (κ3) is 3.15. The lowest BCUT2D eigenvalue weighted by atomic mass is 9.90. The van der Waals surface area contributed by atoms with Gasteiger partial charge in [0.25, 0.3) is 0 Å². The summed E-state index contributed by atoms with van der Waals surface area (Å²) in [4.78, 5) is 13.5. The molecule has 2 unspecified atom stereocenters. The molecule has 0 aliphatic carbocycles. The van der Waals surface area contributed by atoms with Crippen molar-refractivity contribution in [2.24, 2.45) is 5.92 Å². The molecule has 106 valence electrons. The van der Waals surface area contributed by atoms with Crippen molar-refractivity contribution in [3.63, 3.8) is 0 Å². The van der Waals surface area contributed by atoms with Crippen LogP contribution in [0.4, 0.5) is 0 Å². The van der Waals surface area contributed by atoms with Crippen LogP contribution in [0.1, 0.15) is 44.7 Å². The number of hydrogen-bond acceptors (Lipinski definition) is 4. The molecule has 5 nitrogen and oxygen atoms in total. The van der Waals surface area contributed by atoms with Gasteiger partial charge in [0.2, 0.25) is 0 Å². The van der Waals surface area contributed by atoms with Crippen LogP contribution in [0.5, 0.6) is 0 Å². The molecule has 2 heterocycles. The van der Waals surface area contributed by atoms with Crippen LogP contribution in [0.2, 0.25) is 0 Å². The fourth-order valence-electron chi connectivity index (χ4n) is 2.89. The minimum atomic E-state index is -0.700. The molecule has 0 amide bonds. The second kappa shape index (κ2) is 6.19. The molecule has 1 aromatic heterocycles. The van der Waals surface area contributed by atoms with Gasteiger partial charge >= 0.3 is 5.97 Å². The summed E-state index contributed by atoms with van der Waals surface area (Å²) >= 11 is 0. The molecule has 1 N–H and O–H groups in total. The van der Waals surface area contributed by atoms with E-state index in [0.717, 1.165) is 38.0 Å². The Labute approximate surface area is 113 Å². The van der Waals surface area contributed by atoms with Gasteiger partial charge < -0.3 is 9.63 Å². The smallest absolute Gasteiger partial charge is 0.321 e. The first kappa shape index (κ1) is 14.1. The average Bonchev–Trinajstić information content (AvgIpc) is 2.93. The molecule has 19 heavy (non-hydrogen) atoms. The molecule has 5 heteroatoms. The average molecular weight is 266 g/mol. The van der Waals surface area contributed by atoms with Crippen LogP contribution >= 0.6 is 0 Å². The third-order valence-corrected chi connectivity index (χ3v) is 4.23. The number of rotatable bonds is 5. The zero-order valence-electron chi connectivity index (χ0n) is 11.6. The Bertz CT molecular complexity index is 397. The number of hydrogen-bond donors (Lipinski definition) is 1. The fourth-order valence-corrected chi connectivity index (χ4v) is 2.89. The lowest BCUT2D eigenvalue weighted by Gasteiger charge is -2.37. The molecular formula is C14H22N2O3. The van der Waals surface area contributed by atoms with Crippen LogP contribution in [0.3, 0.4) is 0 Å². The van der Waals surface area contributed by atoms with Gasteiger partial charge in [-0.05, 0) is 31.8 Å². The number of likely N-dealkylation sites (tertiary alicyclic amines) is 1. The van der Waals surface area contributed by atoms with Gasteiger partial charge in [0.15, 0.2) is 0 Å². The van der Waals surface area contributed by atoms with Gasteiger partial charge in [-0.25, -0.2) is 0 Å². The Morgan fingerprint density at radius 2 is 2.26 bits per heavy atom. The van der Waals surface area contributed by atoms with E-state index in [1.54, 1.807) is 6.26 Å². The summed E-state index contributed by atoms with van der Waals surface area (Å²) < 4.78 is 4.88. The molecule has 1 fully saturated rings. The summed E-state index contributed by atoms with van der Waals surface area (Å²) in [6.45, 7) is 5.70. The number of nitrogens with zero attached hydrogens (tertiary/aromatic N) is 2. The molecule has 2 rings (SSSR count). The van der Waals surface area contributed by atoms with Gasteiger partial charge in [-0.3, -0.25) is 9.69 Å². The summed E-state index contributed by atoms with van der Waals surface area (Å²) in [5.41, 5.74) is 0.995. The molecule has 1 aliphatic rings. The molecular weight excluding hydrogens is 244 g/mol. The van der Waals surface area contributed by atoms with Crippen molar-refractivity contribution in [3.8, 4) is 0 Å². The van der Waals surface area contributed by atoms with Crippen molar-refractivity contribution >= 4 is 5.97 Å². The molecule has 2 atom stereocenters. The van der Waals surface area contributed by atoms with Crippen LogP contribution in [0.15, 0.2) is 16.9 Å². The van der Waals surface area contributed by atoms with Crippen LogP contribution < -0.4 is 0 Å². The second-order valence-electron chi connectivity index (χ2n) is 5.40. The SMILES string of the molecule is CCC(C)C(C(=O)O)N1CCC(c2ccon2)CC1. The Hall–Kier alpha value is -1.36. The van der Waals surface area contributed by atoms with Gasteiger partial charge in [-0.1, -0.05) is 25.4 Å². The largest absolute Gasteiger partial charge is 0.480 e. The van der Waals surface area contributed by atoms with Gasteiger partial charge in [-0.15, -0.1) is 0 Å². The van der Waals surface area contributed by atoms with E-state index in [9.17, 15) is 9.90 Å². The number of piperidine rings is 1. The maximum absolute atomic E-state index is 11.4. The molecule has 0 saturated carbocycles. The standard InChI is InChI=1S/C14H22N2O3/c1-3-10(2)13(14(17)18)16-7-4-11(5-8-16)12-6-9-19-15-12/h6,9-11,13H,3-5,7-8H2,1-2H3,(H,17,18). The summed E-state index contributed by atoms with van der Waals surface area (Å²) in [5, 5.41) is 13.4. The first-order valence-electron chi connectivity index (χ1n) is 7.00. The molecule has 0 aromatic carbocycles. The zero-order valence-corrected chi connectivity index (χ0v) is 11.6. The monoisotopic (exact) mass is 266 g/mol. The second-order valence-corrected chi connectivity index (χ2v) is 5.40. The minimum Gasteiger partial charge on any atom is -0.480 e. The lowest BCUT2D eigenvalue weighted by Crippen LogP contribution is -2.48. The number of aliphatic carboxylic acids is 1. The van der Waals surface area contributed by atoms with Gasteiger partial charge in [0, 0.05) is 12.0 Å². The molecule has 0 bridgehead atoms. The highest BCUT2D eigenvalue weighted by atomic mass is 16.5. The Kier molecular flexibility index (Phi) is 4.58. The Balaban J connectivity index is 1.96. The molecule has 1 aliphatic heterocycles. The van der Waals surface area contributed by atoms with Crippen LogP contribution in [-0.2, 0) is 4.79 Å².